The lowest BCUT2D eigenvalue weighted by molar-refractivity contribution is -0.251. The minimum atomic E-state index is -1.58. The molecule has 34 heavy (non-hydrogen) atoms. The van der Waals surface area contributed by atoms with Crippen molar-refractivity contribution in [2.24, 2.45) is 0 Å². The van der Waals surface area contributed by atoms with Crippen LogP contribution in [0.1, 0.15) is 22.9 Å². The van der Waals surface area contributed by atoms with Gasteiger partial charge in [0.25, 0.3) is 0 Å². The monoisotopic (exact) mass is 496 g/mol. The van der Waals surface area contributed by atoms with Crippen molar-refractivity contribution < 1.29 is 25.2 Å². The van der Waals surface area contributed by atoms with E-state index in [9.17, 15) is 25.7 Å². The van der Waals surface area contributed by atoms with E-state index in [1.165, 1.54) is 4.57 Å². The fourth-order valence-corrected chi connectivity index (χ4v) is 5.35. The van der Waals surface area contributed by atoms with Crippen LogP contribution in [0.3, 0.4) is 0 Å². The summed E-state index contributed by atoms with van der Waals surface area (Å²) in [6.45, 7) is -0.568. The second kappa shape index (κ2) is 8.87. The zero-order valence-electron chi connectivity index (χ0n) is 17.8. The van der Waals surface area contributed by atoms with E-state index in [2.05, 4.69) is 6.07 Å². The smallest absolute Gasteiger partial charge is 0.164 e. The summed E-state index contributed by atoms with van der Waals surface area (Å²) in [5.41, 5.74) is 5.03. The molecule has 3 aromatic rings. The van der Waals surface area contributed by atoms with Gasteiger partial charge in [-0.25, -0.2) is 0 Å². The lowest BCUT2D eigenvalue weighted by atomic mass is 9.93. The van der Waals surface area contributed by atoms with Gasteiger partial charge in [-0.15, -0.1) is 0 Å². The quantitative estimate of drug-likeness (QED) is 0.322. The highest BCUT2D eigenvalue weighted by molar-refractivity contribution is 7.71. The van der Waals surface area contributed by atoms with E-state index in [1.54, 1.807) is 12.1 Å². The van der Waals surface area contributed by atoms with Crippen LogP contribution in [0.25, 0.3) is 22.4 Å². The van der Waals surface area contributed by atoms with Crippen LogP contribution in [0.15, 0.2) is 48.5 Å². The number of fused-ring (bicyclic) bond motifs is 3. The molecule has 5 rings (SSSR count). The second-order valence-corrected chi connectivity index (χ2v) is 9.25. The molecule has 0 amide bonds. The maximum Gasteiger partial charge on any atom is 0.164 e. The first-order chi connectivity index (χ1) is 16.4. The van der Waals surface area contributed by atoms with Crippen LogP contribution >= 0.6 is 23.8 Å². The zero-order valence-corrected chi connectivity index (χ0v) is 19.4. The van der Waals surface area contributed by atoms with E-state index in [4.69, 9.17) is 28.6 Å². The molecule has 1 fully saturated rings. The average molecular weight is 497 g/mol. The van der Waals surface area contributed by atoms with Crippen LogP contribution in [0, 0.1) is 16.0 Å². The summed E-state index contributed by atoms with van der Waals surface area (Å²) in [6.07, 6.45) is -6.45. The van der Waals surface area contributed by atoms with Gasteiger partial charge in [-0.3, -0.25) is 0 Å². The van der Waals surface area contributed by atoms with E-state index in [1.807, 2.05) is 36.4 Å². The number of nitriles is 1. The summed E-state index contributed by atoms with van der Waals surface area (Å²) in [6, 6.07) is 17.1. The SMILES string of the molecule is N#Cc1c(-c2ccc(Cl)cc2)c2c(n([C@@H]3O[C@H](CO)[C@H](O)[C@@H](O)[C@H]3O)c1=S)-c1ccccc1C2. The number of ether oxygens (including phenoxy) is 1. The standard InChI is InChI=1S/C25H21ClN2O5S/c26-14-7-5-12(6-8-14)19-16-9-13-3-1-2-4-15(13)20(16)28(25(34)17(19)10-27)24-23(32)22(31)21(30)18(11-29)33-24/h1-8,18,21-24,29-32H,9,11H2/t18-,21+,22-,23-,24-/m1/s1. The van der Waals surface area contributed by atoms with Crippen molar-refractivity contribution >= 4 is 23.8 Å². The van der Waals surface area contributed by atoms with E-state index < -0.39 is 37.3 Å². The number of aliphatic hydroxyl groups excluding tert-OH is 4. The van der Waals surface area contributed by atoms with E-state index in [-0.39, 0.29) is 10.2 Å². The lowest BCUT2D eigenvalue weighted by Crippen LogP contribution is -2.56. The van der Waals surface area contributed by atoms with Gasteiger partial charge in [0.05, 0.1) is 17.9 Å². The van der Waals surface area contributed by atoms with Gasteiger partial charge < -0.3 is 29.7 Å². The summed E-state index contributed by atoms with van der Waals surface area (Å²) in [5.74, 6) is 0. The molecule has 0 spiro atoms. The largest absolute Gasteiger partial charge is 0.394 e. The lowest BCUT2D eigenvalue weighted by Gasteiger charge is -2.41. The molecule has 2 aliphatic rings. The van der Waals surface area contributed by atoms with E-state index in [0.717, 1.165) is 22.3 Å². The van der Waals surface area contributed by atoms with Crippen molar-refractivity contribution in [2.45, 2.75) is 37.1 Å². The fraction of sp³-hybridized carbons (Fsp3) is 0.280. The predicted molar refractivity (Wildman–Crippen MR) is 128 cm³/mol. The molecule has 1 aromatic heterocycles. The van der Waals surface area contributed by atoms with Crippen molar-refractivity contribution in [3.05, 3.63) is 74.9 Å². The Morgan fingerprint density at radius 2 is 1.76 bits per heavy atom. The van der Waals surface area contributed by atoms with Crippen molar-refractivity contribution in [1.29, 1.82) is 5.26 Å². The third-order valence-electron chi connectivity index (χ3n) is 6.52. The summed E-state index contributed by atoms with van der Waals surface area (Å²) in [7, 11) is 0. The molecule has 4 N–H and O–H groups in total. The Balaban J connectivity index is 1.83. The fourth-order valence-electron chi connectivity index (χ4n) is 4.88. The number of hydrogen-bond donors (Lipinski definition) is 4. The third-order valence-corrected chi connectivity index (χ3v) is 7.17. The van der Waals surface area contributed by atoms with Gasteiger partial charge in [0.15, 0.2) is 6.23 Å². The van der Waals surface area contributed by atoms with Crippen LogP contribution in [0.2, 0.25) is 5.02 Å². The van der Waals surface area contributed by atoms with Crippen LogP contribution in [-0.2, 0) is 11.2 Å². The Labute approximate surface area is 205 Å². The number of pyridine rings is 1. The van der Waals surface area contributed by atoms with E-state index in [0.29, 0.717) is 22.7 Å². The molecule has 9 heteroatoms. The molecular formula is C25H21ClN2O5S. The minimum Gasteiger partial charge on any atom is -0.394 e. The molecule has 0 bridgehead atoms. The van der Waals surface area contributed by atoms with Crippen molar-refractivity contribution in [1.82, 2.24) is 4.57 Å². The number of aromatic nitrogens is 1. The van der Waals surface area contributed by atoms with Gasteiger partial charge in [0, 0.05) is 22.6 Å². The van der Waals surface area contributed by atoms with Gasteiger partial charge in [-0.2, -0.15) is 5.26 Å². The maximum absolute atomic E-state index is 10.9. The van der Waals surface area contributed by atoms with Crippen molar-refractivity contribution in [2.75, 3.05) is 6.61 Å². The normalized spacial score (nSPS) is 25.5. The first-order valence-corrected chi connectivity index (χ1v) is 11.5. The van der Waals surface area contributed by atoms with E-state index >= 15 is 0 Å². The molecule has 1 saturated heterocycles. The Kier molecular flexibility index (Phi) is 6.04. The molecule has 0 unspecified atom stereocenters. The molecule has 5 atom stereocenters. The van der Waals surface area contributed by atoms with Gasteiger partial charge in [0.2, 0.25) is 0 Å². The Hall–Kier alpha value is -2.61. The van der Waals surface area contributed by atoms with Crippen molar-refractivity contribution in [3.63, 3.8) is 0 Å². The summed E-state index contributed by atoms with van der Waals surface area (Å²) in [5, 5.41) is 52.0. The first-order valence-electron chi connectivity index (χ1n) is 10.7. The number of rotatable bonds is 3. The Bertz CT molecular complexity index is 1370. The molecule has 2 heterocycles. The number of halogens is 1. The Morgan fingerprint density at radius 3 is 2.44 bits per heavy atom. The summed E-state index contributed by atoms with van der Waals surface area (Å²) < 4.78 is 7.51. The highest BCUT2D eigenvalue weighted by atomic mass is 35.5. The molecule has 7 nitrogen and oxygen atoms in total. The maximum atomic E-state index is 10.9. The van der Waals surface area contributed by atoms with Crippen LogP contribution < -0.4 is 0 Å². The first kappa shape index (κ1) is 23.1. The average Bonchev–Trinajstić information content (AvgIpc) is 3.22. The molecule has 174 valence electrons. The van der Waals surface area contributed by atoms with Gasteiger partial charge >= 0.3 is 0 Å². The van der Waals surface area contributed by atoms with Crippen LogP contribution in [0.4, 0.5) is 0 Å². The van der Waals surface area contributed by atoms with Gasteiger partial charge in [-0.1, -0.05) is 60.2 Å². The van der Waals surface area contributed by atoms with Crippen molar-refractivity contribution in [3.8, 4) is 28.5 Å². The molecular weight excluding hydrogens is 476 g/mol. The molecule has 0 radical (unpaired) electrons. The van der Waals surface area contributed by atoms with Gasteiger partial charge in [-0.05, 0) is 28.8 Å². The van der Waals surface area contributed by atoms with Crippen LogP contribution in [0.5, 0.6) is 0 Å². The summed E-state index contributed by atoms with van der Waals surface area (Å²) >= 11 is 11.9. The van der Waals surface area contributed by atoms with Crippen LogP contribution in [-0.4, -0.2) is 56.0 Å². The number of nitrogens with zero attached hydrogens (tertiary/aromatic N) is 2. The third kappa shape index (κ3) is 3.49. The zero-order chi connectivity index (χ0) is 24.1. The molecule has 1 aliphatic carbocycles. The van der Waals surface area contributed by atoms with Gasteiger partial charge in [0.1, 0.15) is 35.1 Å². The number of benzene rings is 2. The number of aliphatic hydroxyl groups is 4. The minimum absolute atomic E-state index is 0.118. The predicted octanol–water partition coefficient (Wildman–Crippen LogP) is 2.95. The molecule has 0 saturated carbocycles. The highest BCUT2D eigenvalue weighted by Gasteiger charge is 2.46. The summed E-state index contributed by atoms with van der Waals surface area (Å²) in [4.78, 5) is 0. The second-order valence-electron chi connectivity index (χ2n) is 8.42. The topological polar surface area (TPSA) is 119 Å². The molecule has 1 aliphatic heterocycles. The highest BCUT2D eigenvalue weighted by Crippen LogP contribution is 2.46. The molecule has 2 aromatic carbocycles. The Morgan fingerprint density at radius 1 is 1.06 bits per heavy atom. The number of hydrogen-bond acceptors (Lipinski definition) is 7.